The van der Waals surface area contributed by atoms with Crippen LogP contribution in [0.4, 0.5) is 0 Å². The Morgan fingerprint density at radius 1 is 1.44 bits per heavy atom. The highest BCUT2D eigenvalue weighted by Gasteiger charge is 2.22. The summed E-state index contributed by atoms with van der Waals surface area (Å²) in [6.45, 7) is 1.53. The molecule has 0 fully saturated rings. The van der Waals surface area contributed by atoms with Crippen molar-refractivity contribution in [2.45, 2.75) is 18.6 Å². The first-order valence-electron chi connectivity index (χ1n) is 5.49. The summed E-state index contributed by atoms with van der Waals surface area (Å²) in [6.07, 6.45) is 0.443. The molecule has 0 saturated heterocycles. The van der Waals surface area contributed by atoms with Gasteiger partial charge in [0.25, 0.3) is 0 Å². The lowest BCUT2D eigenvalue weighted by atomic mass is 10.1. The van der Waals surface area contributed by atoms with Gasteiger partial charge in [0.05, 0.1) is 7.11 Å². The third kappa shape index (κ3) is 4.70. The number of thioether (sulfide) groups is 1. The summed E-state index contributed by atoms with van der Waals surface area (Å²) in [4.78, 5) is 22.6. The molecule has 1 unspecified atom stereocenters. The molecule has 1 aromatic rings. The molecule has 1 atom stereocenters. The molecule has 0 saturated carbocycles. The first kappa shape index (κ1) is 15.1. The molecule has 0 aliphatic heterocycles. The second kappa shape index (κ2) is 7.44. The van der Waals surface area contributed by atoms with Gasteiger partial charge < -0.3 is 4.74 Å². The number of methoxy groups -OCH3 is 1. The minimum Gasteiger partial charge on any atom is -0.468 e. The molecule has 0 amide bonds. The van der Waals surface area contributed by atoms with Gasteiger partial charge in [0.15, 0.2) is 0 Å². The average molecular weight is 287 g/mol. The average Bonchev–Trinajstić information content (AvgIpc) is 2.33. The third-order valence-corrected chi connectivity index (χ3v) is 3.78. The number of ether oxygens (including phenoxy) is 1. The molecule has 98 valence electrons. The Kier molecular flexibility index (Phi) is 6.22. The van der Waals surface area contributed by atoms with Crippen LogP contribution in [0.1, 0.15) is 24.2 Å². The minimum atomic E-state index is -0.437. The summed E-state index contributed by atoms with van der Waals surface area (Å²) in [5, 5.41) is 0.140. The van der Waals surface area contributed by atoms with E-state index in [1.165, 1.54) is 25.8 Å². The highest BCUT2D eigenvalue weighted by Crippen LogP contribution is 2.31. The normalized spacial score (nSPS) is 11.9. The van der Waals surface area contributed by atoms with E-state index in [2.05, 4.69) is 0 Å². The zero-order valence-electron chi connectivity index (χ0n) is 10.3. The van der Waals surface area contributed by atoms with Gasteiger partial charge in [-0.15, -0.1) is 11.8 Å². The summed E-state index contributed by atoms with van der Waals surface area (Å²) < 4.78 is 4.78. The van der Waals surface area contributed by atoms with Gasteiger partial charge in [-0.25, -0.2) is 0 Å². The number of benzene rings is 1. The molecule has 1 rings (SSSR count). The van der Waals surface area contributed by atoms with Crippen molar-refractivity contribution in [2.75, 3.05) is 12.9 Å². The van der Waals surface area contributed by atoms with E-state index in [1.54, 1.807) is 18.2 Å². The first-order valence-corrected chi connectivity index (χ1v) is 6.91. The number of hydrogen-bond acceptors (Lipinski definition) is 4. The lowest BCUT2D eigenvalue weighted by Gasteiger charge is -2.14. The Morgan fingerprint density at radius 3 is 2.72 bits per heavy atom. The number of esters is 1. The van der Waals surface area contributed by atoms with Crippen LogP contribution in [0.2, 0.25) is 5.02 Å². The van der Waals surface area contributed by atoms with Gasteiger partial charge in [-0.2, -0.15) is 0 Å². The topological polar surface area (TPSA) is 43.4 Å². The Labute approximate surface area is 116 Å². The van der Waals surface area contributed by atoms with Crippen molar-refractivity contribution < 1.29 is 14.3 Å². The fourth-order valence-electron chi connectivity index (χ4n) is 1.40. The van der Waals surface area contributed by atoms with Crippen molar-refractivity contribution in [1.82, 2.24) is 0 Å². The number of carbonyl (C=O) groups is 2. The van der Waals surface area contributed by atoms with Crippen LogP contribution in [0.3, 0.4) is 0 Å². The first-order chi connectivity index (χ1) is 8.54. The minimum absolute atomic E-state index is 0.109. The maximum Gasteiger partial charge on any atom is 0.323 e. The van der Waals surface area contributed by atoms with Crippen LogP contribution in [-0.2, 0) is 14.3 Å². The number of ketones is 1. The summed E-state index contributed by atoms with van der Waals surface area (Å²) in [5.41, 5.74) is 0.794. The van der Waals surface area contributed by atoms with Gasteiger partial charge in [-0.3, -0.25) is 9.59 Å². The van der Waals surface area contributed by atoms with E-state index in [0.29, 0.717) is 17.2 Å². The van der Waals surface area contributed by atoms with Gasteiger partial charge in [0.2, 0.25) is 0 Å². The second-order valence-electron chi connectivity index (χ2n) is 3.78. The smallest absolute Gasteiger partial charge is 0.323 e. The van der Waals surface area contributed by atoms with Crippen molar-refractivity contribution in [1.29, 1.82) is 0 Å². The van der Waals surface area contributed by atoms with Crippen molar-refractivity contribution in [2.24, 2.45) is 0 Å². The van der Waals surface area contributed by atoms with Crippen LogP contribution in [0, 0.1) is 0 Å². The molecule has 3 nitrogen and oxygen atoms in total. The molecule has 18 heavy (non-hydrogen) atoms. The predicted octanol–water partition coefficient (Wildman–Crippen LogP) is 3.27. The third-order valence-electron chi connectivity index (χ3n) is 2.31. The van der Waals surface area contributed by atoms with Crippen LogP contribution >= 0.6 is 23.4 Å². The monoisotopic (exact) mass is 286 g/mol. The van der Waals surface area contributed by atoms with Gasteiger partial charge in [-0.05, 0) is 24.6 Å². The largest absolute Gasteiger partial charge is 0.468 e. The summed E-state index contributed by atoms with van der Waals surface area (Å²) >= 11 is 7.30. The molecule has 0 N–H and O–H groups in total. The van der Waals surface area contributed by atoms with Crippen LogP contribution in [0.15, 0.2) is 24.3 Å². The fourth-order valence-corrected chi connectivity index (χ4v) is 2.81. The van der Waals surface area contributed by atoms with Crippen molar-refractivity contribution in [3.63, 3.8) is 0 Å². The predicted molar refractivity (Wildman–Crippen MR) is 74.0 cm³/mol. The summed E-state index contributed by atoms with van der Waals surface area (Å²) in [5.74, 6) is 0.366. The van der Waals surface area contributed by atoms with Crippen LogP contribution in [0.25, 0.3) is 0 Å². The molecule has 0 spiro atoms. The number of carbonyl (C=O) groups excluding carboxylic acids is 2. The number of halogens is 1. The van der Waals surface area contributed by atoms with Crippen LogP contribution < -0.4 is 0 Å². The molecule has 0 bridgehead atoms. The van der Waals surface area contributed by atoms with Crippen molar-refractivity contribution >= 4 is 35.1 Å². The Bertz CT molecular complexity index is 434. The molecule has 0 heterocycles. The molecule has 1 aromatic carbocycles. The molecule has 0 radical (unpaired) electrons. The van der Waals surface area contributed by atoms with E-state index < -0.39 is 5.25 Å². The van der Waals surface area contributed by atoms with E-state index in [4.69, 9.17) is 16.3 Å². The van der Waals surface area contributed by atoms with E-state index in [9.17, 15) is 9.59 Å². The van der Waals surface area contributed by atoms with Gasteiger partial charge >= 0.3 is 5.97 Å². The summed E-state index contributed by atoms with van der Waals surface area (Å²) in [6, 6.07) is 7.11. The van der Waals surface area contributed by atoms with E-state index in [1.807, 2.05) is 6.07 Å². The fraction of sp³-hybridized carbons (Fsp3) is 0.385. The summed E-state index contributed by atoms with van der Waals surface area (Å²) in [7, 11) is 1.35. The molecule has 0 aliphatic rings. The van der Waals surface area contributed by atoms with Crippen LogP contribution in [0.5, 0.6) is 0 Å². The highest BCUT2D eigenvalue weighted by atomic mass is 35.5. The quantitative estimate of drug-likeness (QED) is 0.753. The van der Waals surface area contributed by atoms with E-state index >= 15 is 0 Å². The number of rotatable bonds is 6. The Hall–Kier alpha value is -1.00. The molecular formula is C13H15ClO3S. The van der Waals surface area contributed by atoms with Gasteiger partial charge in [0, 0.05) is 17.2 Å². The zero-order valence-corrected chi connectivity index (χ0v) is 11.9. The molecule has 0 aromatic heterocycles. The maximum absolute atomic E-state index is 11.7. The molecule has 5 heteroatoms. The zero-order chi connectivity index (χ0) is 13.5. The molecule has 0 aliphatic carbocycles. The Balaban J connectivity index is 2.78. The maximum atomic E-state index is 11.7. The SMILES string of the molecule is COC(=O)C(SCCC(C)=O)c1cccc(Cl)c1. The number of Topliss-reactive ketones (excluding diaryl/α,β-unsaturated/α-hetero) is 1. The van der Waals surface area contributed by atoms with Crippen molar-refractivity contribution in [3.8, 4) is 0 Å². The lowest BCUT2D eigenvalue weighted by Crippen LogP contribution is -2.12. The Morgan fingerprint density at radius 2 is 2.17 bits per heavy atom. The van der Waals surface area contributed by atoms with Gasteiger partial charge in [0.1, 0.15) is 11.0 Å². The van der Waals surface area contributed by atoms with E-state index in [0.717, 1.165) is 5.56 Å². The number of hydrogen-bond donors (Lipinski definition) is 0. The van der Waals surface area contributed by atoms with Crippen LogP contribution in [-0.4, -0.2) is 24.6 Å². The molecular weight excluding hydrogens is 272 g/mol. The second-order valence-corrected chi connectivity index (χ2v) is 5.43. The standard InChI is InChI=1S/C13H15ClO3S/c1-9(15)6-7-18-12(13(16)17-2)10-4-3-5-11(14)8-10/h3-5,8,12H,6-7H2,1-2H3. The van der Waals surface area contributed by atoms with E-state index in [-0.39, 0.29) is 11.8 Å². The van der Waals surface area contributed by atoms with Gasteiger partial charge in [-0.1, -0.05) is 23.7 Å². The van der Waals surface area contributed by atoms with Crippen molar-refractivity contribution in [3.05, 3.63) is 34.9 Å². The lowest BCUT2D eigenvalue weighted by molar-refractivity contribution is -0.140. The highest BCUT2D eigenvalue weighted by molar-refractivity contribution is 8.00.